The summed E-state index contributed by atoms with van der Waals surface area (Å²) in [6.07, 6.45) is 0.761. The molecule has 0 saturated carbocycles. The van der Waals surface area contributed by atoms with Crippen LogP contribution in [0.15, 0.2) is 24.3 Å². The molecule has 0 spiro atoms. The van der Waals surface area contributed by atoms with Gasteiger partial charge in [0, 0.05) is 6.61 Å². The third-order valence-corrected chi connectivity index (χ3v) is 2.29. The van der Waals surface area contributed by atoms with Crippen LogP contribution in [0.1, 0.15) is 5.56 Å². The normalized spacial score (nSPS) is 12.5. The second kappa shape index (κ2) is 5.62. The number of rotatable bonds is 5. The molecule has 3 heteroatoms. The quantitative estimate of drug-likeness (QED) is 0.731. The highest BCUT2D eigenvalue weighted by atomic mass is 16.5. The number of aliphatic hydroxyl groups is 1. The Labute approximate surface area is 84.5 Å². The number of aliphatic hydroxyl groups excluding tert-OH is 1. The summed E-state index contributed by atoms with van der Waals surface area (Å²) in [5.41, 5.74) is 6.62. The number of ether oxygens (including phenoxy) is 1. The number of methoxy groups -OCH3 is 1. The molecular formula is C11H17NO2. The Bertz CT molecular complexity index is 272. The first-order valence-electron chi connectivity index (χ1n) is 4.74. The SMILES string of the molecule is COc1ccccc1CC(CN)CO. The van der Waals surface area contributed by atoms with Crippen LogP contribution in [0.4, 0.5) is 0 Å². The average molecular weight is 195 g/mol. The van der Waals surface area contributed by atoms with Crippen molar-refractivity contribution in [2.24, 2.45) is 11.7 Å². The average Bonchev–Trinajstić information content (AvgIpc) is 2.26. The maximum absolute atomic E-state index is 9.03. The zero-order valence-electron chi connectivity index (χ0n) is 8.44. The molecule has 0 aliphatic rings. The highest BCUT2D eigenvalue weighted by molar-refractivity contribution is 5.33. The number of benzene rings is 1. The first-order valence-corrected chi connectivity index (χ1v) is 4.74. The summed E-state index contributed by atoms with van der Waals surface area (Å²) >= 11 is 0. The van der Waals surface area contributed by atoms with Crippen molar-refractivity contribution in [2.45, 2.75) is 6.42 Å². The molecule has 1 aromatic carbocycles. The van der Waals surface area contributed by atoms with E-state index in [1.54, 1.807) is 7.11 Å². The van der Waals surface area contributed by atoms with Crippen molar-refractivity contribution in [3.63, 3.8) is 0 Å². The van der Waals surface area contributed by atoms with E-state index >= 15 is 0 Å². The molecule has 1 atom stereocenters. The highest BCUT2D eigenvalue weighted by Gasteiger charge is 2.09. The van der Waals surface area contributed by atoms with Crippen LogP contribution in [0.25, 0.3) is 0 Å². The van der Waals surface area contributed by atoms with E-state index in [0.717, 1.165) is 17.7 Å². The summed E-state index contributed by atoms with van der Waals surface area (Å²) in [5.74, 6) is 0.977. The molecule has 1 aromatic rings. The standard InChI is InChI=1S/C11H17NO2/c1-14-11-5-3-2-4-10(11)6-9(7-12)8-13/h2-5,9,13H,6-8,12H2,1H3. The Morgan fingerprint density at radius 2 is 2.14 bits per heavy atom. The van der Waals surface area contributed by atoms with Crippen molar-refractivity contribution in [3.8, 4) is 5.75 Å². The Kier molecular flexibility index (Phi) is 4.43. The largest absolute Gasteiger partial charge is 0.496 e. The fourth-order valence-corrected chi connectivity index (χ4v) is 1.41. The smallest absolute Gasteiger partial charge is 0.122 e. The topological polar surface area (TPSA) is 55.5 Å². The van der Waals surface area contributed by atoms with Crippen molar-refractivity contribution in [2.75, 3.05) is 20.3 Å². The Morgan fingerprint density at radius 1 is 1.43 bits per heavy atom. The van der Waals surface area contributed by atoms with Crippen molar-refractivity contribution >= 4 is 0 Å². The van der Waals surface area contributed by atoms with Gasteiger partial charge in [-0.2, -0.15) is 0 Å². The van der Waals surface area contributed by atoms with E-state index in [1.807, 2.05) is 24.3 Å². The second-order valence-corrected chi connectivity index (χ2v) is 3.30. The predicted molar refractivity (Wildman–Crippen MR) is 56.3 cm³/mol. The molecule has 0 saturated heterocycles. The Morgan fingerprint density at radius 3 is 2.71 bits per heavy atom. The molecule has 0 aliphatic carbocycles. The van der Waals surface area contributed by atoms with Gasteiger partial charge in [0.05, 0.1) is 7.11 Å². The van der Waals surface area contributed by atoms with Gasteiger partial charge < -0.3 is 15.6 Å². The van der Waals surface area contributed by atoms with Crippen molar-refractivity contribution < 1.29 is 9.84 Å². The fourth-order valence-electron chi connectivity index (χ4n) is 1.41. The van der Waals surface area contributed by atoms with E-state index in [1.165, 1.54) is 0 Å². The molecule has 14 heavy (non-hydrogen) atoms. The van der Waals surface area contributed by atoms with E-state index in [-0.39, 0.29) is 12.5 Å². The second-order valence-electron chi connectivity index (χ2n) is 3.30. The van der Waals surface area contributed by atoms with Gasteiger partial charge in [0.25, 0.3) is 0 Å². The molecule has 0 fully saturated rings. The van der Waals surface area contributed by atoms with Crippen LogP contribution in [0.5, 0.6) is 5.75 Å². The minimum atomic E-state index is 0.117. The van der Waals surface area contributed by atoms with Crippen LogP contribution in [0, 0.1) is 5.92 Å². The molecule has 0 amide bonds. The Hall–Kier alpha value is -1.06. The van der Waals surface area contributed by atoms with Crippen LogP contribution >= 0.6 is 0 Å². The van der Waals surface area contributed by atoms with Crippen molar-refractivity contribution in [1.29, 1.82) is 0 Å². The van der Waals surface area contributed by atoms with Gasteiger partial charge in [-0.3, -0.25) is 0 Å². The van der Waals surface area contributed by atoms with Gasteiger partial charge in [-0.05, 0) is 30.5 Å². The minimum Gasteiger partial charge on any atom is -0.496 e. The third-order valence-electron chi connectivity index (χ3n) is 2.29. The van der Waals surface area contributed by atoms with Crippen molar-refractivity contribution in [1.82, 2.24) is 0 Å². The fraction of sp³-hybridized carbons (Fsp3) is 0.455. The molecule has 0 bridgehead atoms. The molecule has 0 heterocycles. The molecule has 0 aromatic heterocycles. The zero-order valence-corrected chi connectivity index (χ0v) is 8.44. The maximum Gasteiger partial charge on any atom is 0.122 e. The van der Waals surface area contributed by atoms with Crippen LogP contribution in [-0.2, 0) is 6.42 Å². The van der Waals surface area contributed by atoms with Gasteiger partial charge in [0.2, 0.25) is 0 Å². The lowest BCUT2D eigenvalue weighted by Crippen LogP contribution is -2.20. The first kappa shape index (κ1) is 11.0. The van der Waals surface area contributed by atoms with E-state index in [2.05, 4.69) is 0 Å². The van der Waals surface area contributed by atoms with E-state index in [0.29, 0.717) is 6.54 Å². The van der Waals surface area contributed by atoms with Gasteiger partial charge in [-0.25, -0.2) is 0 Å². The summed E-state index contributed by atoms with van der Waals surface area (Å²) in [7, 11) is 1.65. The third kappa shape index (κ3) is 2.72. The summed E-state index contributed by atoms with van der Waals surface area (Å²) in [6.45, 7) is 0.614. The van der Waals surface area contributed by atoms with E-state index in [9.17, 15) is 0 Å². The molecule has 0 aliphatic heterocycles. The minimum absolute atomic E-state index is 0.117. The van der Waals surface area contributed by atoms with Gasteiger partial charge in [-0.15, -0.1) is 0 Å². The van der Waals surface area contributed by atoms with Gasteiger partial charge in [0.1, 0.15) is 5.75 Å². The van der Waals surface area contributed by atoms with Crippen LogP contribution in [-0.4, -0.2) is 25.4 Å². The summed E-state index contributed by atoms with van der Waals surface area (Å²) in [6, 6.07) is 7.80. The molecule has 3 nitrogen and oxygen atoms in total. The molecule has 1 unspecified atom stereocenters. The predicted octanol–water partition coefficient (Wildman–Crippen LogP) is 0.805. The van der Waals surface area contributed by atoms with Crippen LogP contribution in [0.2, 0.25) is 0 Å². The first-order chi connectivity index (χ1) is 6.81. The van der Waals surface area contributed by atoms with E-state index in [4.69, 9.17) is 15.6 Å². The maximum atomic E-state index is 9.03. The van der Waals surface area contributed by atoms with Crippen LogP contribution < -0.4 is 10.5 Å². The molecule has 1 rings (SSSR count). The lowest BCUT2D eigenvalue weighted by atomic mass is 9.99. The van der Waals surface area contributed by atoms with Gasteiger partial charge in [-0.1, -0.05) is 18.2 Å². The lowest BCUT2D eigenvalue weighted by molar-refractivity contribution is 0.229. The highest BCUT2D eigenvalue weighted by Crippen LogP contribution is 2.20. The molecular weight excluding hydrogens is 178 g/mol. The number of hydrogen-bond donors (Lipinski definition) is 2. The Balaban J connectivity index is 2.74. The number of hydrogen-bond acceptors (Lipinski definition) is 3. The summed E-state index contributed by atoms with van der Waals surface area (Å²) < 4.78 is 5.21. The van der Waals surface area contributed by atoms with E-state index < -0.39 is 0 Å². The monoisotopic (exact) mass is 195 g/mol. The summed E-state index contributed by atoms with van der Waals surface area (Å²) in [5, 5.41) is 9.03. The number of nitrogens with two attached hydrogens (primary N) is 1. The number of para-hydroxylation sites is 1. The van der Waals surface area contributed by atoms with Gasteiger partial charge >= 0.3 is 0 Å². The molecule has 0 radical (unpaired) electrons. The molecule has 3 N–H and O–H groups in total. The van der Waals surface area contributed by atoms with Crippen molar-refractivity contribution in [3.05, 3.63) is 29.8 Å². The zero-order chi connectivity index (χ0) is 10.4. The van der Waals surface area contributed by atoms with Gasteiger partial charge in [0.15, 0.2) is 0 Å². The lowest BCUT2D eigenvalue weighted by Gasteiger charge is -2.13. The van der Waals surface area contributed by atoms with Crippen LogP contribution in [0.3, 0.4) is 0 Å². The summed E-state index contributed by atoms with van der Waals surface area (Å²) in [4.78, 5) is 0. The molecule has 78 valence electrons.